The molecule has 0 unspecified atom stereocenters. The fourth-order valence-corrected chi connectivity index (χ4v) is 5.45. The van der Waals surface area contributed by atoms with Gasteiger partial charge in [0.15, 0.2) is 17.3 Å². The van der Waals surface area contributed by atoms with Gasteiger partial charge in [-0.05, 0) is 49.7 Å². The number of nitrogens with one attached hydrogen (secondary N) is 2. The lowest BCUT2D eigenvalue weighted by atomic mass is 9.92. The van der Waals surface area contributed by atoms with Crippen LogP contribution in [0.2, 0.25) is 0 Å². The quantitative estimate of drug-likeness (QED) is 0.308. The van der Waals surface area contributed by atoms with E-state index < -0.39 is 6.09 Å². The van der Waals surface area contributed by atoms with Crippen molar-refractivity contribution < 1.29 is 24.2 Å². The van der Waals surface area contributed by atoms with Crippen molar-refractivity contribution in [2.75, 3.05) is 25.1 Å². The molecule has 2 saturated heterocycles. The van der Waals surface area contributed by atoms with Crippen LogP contribution in [0.5, 0.6) is 5.75 Å². The van der Waals surface area contributed by atoms with Gasteiger partial charge in [0.1, 0.15) is 11.9 Å². The zero-order valence-electron chi connectivity index (χ0n) is 22.6. The first-order valence-corrected chi connectivity index (χ1v) is 13.5. The largest absolute Gasteiger partial charge is 0.488 e. The molecule has 0 spiro atoms. The number of ether oxygens (including phenoxy) is 2. The molecule has 212 valence electrons. The molecule has 2 fully saturated rings. The second-order valence-electron chi connectivity index (χ2n) is 10.2. The second-order valence-corrected chi connectivity index (χ2v) is 10.2. The van der Waals surface area contributed by atoms with Crippen LogP contribution in [-0.4, -0.2) is 84.7 Å². The van der Waals surface area contributed by atoms with Crippen molar-refractivity contribution >= 4 is 29.2 Å². The average Bonchev–Trinajstić information content (AvgIpc) is 3.35. The number of nitrogens with zero attached hydrogens (tertiary/aromatic N) is 6. The number of amides is 2. The highest BCUT2D eigenvalue weighted by molar-refractivity contribution is 5.92. The van der Waals surface area contributed by atoms with Crippen LogP contribution < -0.4 is 15.4 Å². The fraction of sp³-hybridized carbons (Fsp3) is 0.357. The second kappa shape index (κ2) is 11.0. The molecule has 3 atom stereocenters. The molecule has 13 nitrogen and oxygen atoms in total. The van der Waals surface area contributed by atoms with Crippen LogP contribution in [0, 0.1) is 6.92 Å². The summed E-state index contributed by atoms with van der Waals surface area (Å²) in [6.07, 6.45) is 3.65. The molecule has 2 aliphatic heterocycles. The molecule has 3 N–H and O–H groups in total. The number of aromatic nitrogens is 5. The molecule has 13 heteroatoms. The predicted octanol–water partition coefficient (Wildman–Crippen LogP) is 3.28. The topological polar surface area (TPSA) is 156 Å². The Hall–Kier alpha value is -4.78. The van der Waals surface area contributed by atoms with Gasteiger partial charge in [-0.1, -0.05) is 0 Å². The summed E-state index contributed by atoms with van der Waals surface area (Å²) in [7, 11) is 0. The molecule has 0 saturated carbocycles. The lowest BCUT2D eigenvalue weighted by Crippen LogP contribution is -2.60. The summed E-state index contributed by atoms with van der Waals surface area (Å²) in [6.45, 7) is 5.03. The zero-order valence-corrected chi connectivity index (χ0v) is 22.6. The van der Waals surface area contributed by atoms with Crippen LogP contribution in [0.1, 0.15) is 35.9 Å². The number of carboxylic acid groups (broad SMARTS) is 1. The number of morpholine rings is 1. The third kappa shape index (κ3) is 5.48. The summed E-state index contributed by atoms with van der Waals surface area (Å²) in [5.41, 5.74) is 3.76. The van der Waals surface area contributed by atoms with E-state index in [1.54, 1.807) is 22.8 Å². The number of aryl methyl sites for hydroxylation is 1. The maximum absolute atomic E-state index is 11.9. The number of carbonyl (C=O) groups excluding carboxylic acids is 1. The molecule has 2 amide bonds. The number of hydrogen-bond acceptors (Lipinski definition) is 9. The number of piperidine rings is 1. The smallest absolute Gasteiger partial charge is 0.407 e. The van der Waals surface area contributed by atoms with Gasteiger partial charge in [-0.2, -0.15) is 5.10 Å². The maximum Gasteiger partial charge on any atom is 0.407 e. The number of fused-ring (bicyclic) bond motifs is 3. The van der Waals surface area contributed by atoms with Gasteiger partial charge >= 0.3 is 6.09 Å². The van der Waals surface area contributed by atoms with Gasteiger partial charge < -0.3 is 25.2 Å². The zero-order chi connectivity index (χ0) is 28.5. The Morgan fingerprint density at radius 2 is 1.90 bits per heavy atom. The molecule has 4 aromatic heterocycles. The number of rotatable bonds is 7. The monoisotopic (exact) mass is 558 g/mol. The molecule has 6 rings (SSSR count). The standard InChI is InChI=1S/C28H30N8O5/c1-3-29-27(37)23-4-5-25(33-32-23)31-26-12-18-9-17(6-7-35(18)34-26)22-8-16(2)30-13-24(22)41-21-10-19-14-40-15-20(11-21)36(19)28(38)39/h4-9,12-13,19-21H,3,10-11,14-15H2,1-2H3,(H,29,37)(H,38,39)(H,31,33,34)/t19-,20+,21-. The van der Waals surface area contributed by atoms with Crippen molar-refractivity contribution in [3.8, 4) is 16.9 Å². The van der Waals surface area contributed by atoms with Gasteiger partial charge in [0, 0.05) is 42.9 Å². The van der Waals surface area contributed by atoms with E-state index >= 15 is 0 Å². The highest BCUT2D eigenvalue weighted by Gasteiger charge is 2.42. The van der Waals surface area contributed by atoms with Crippen LogP contribution in [0.25, 0.3) is 16.6 Å². The van der Waals surface area contributed by atoms with Gasteiger partial charge in [-0.3, -0.25) is 14.7 Å². The summed E-state index contributed by atoms with van der Waals surface area (Å²) in [5, 5.41) is 28.1. The molecule has 0 radical (unpaired) electrons. The molecule has 41 heavy (non-hydrogen) atoms. The minimum Gasteiger partial charge on any atom is -0.488 e. The first kappa shape index (κ1) is 26.4. The van der Waals surface area contributed by atoms with Crippen molar-refractivity contribution in [3.05, 3.63) is 60.2 Å². The summed E-state index contributed by atoms with van der Waals surface area (Å²) >= 11 is 0. The van der Waals surface area contributed by atoms with E-state index in [1.165, 1.54) is 4.90 Å². The van der Waals surface area contributed by atoms with Crippen LogP contribution in [0.15, 0.2) is 48.8 Å². The summed E-state index contributed by atoms with van der Waals surface area (Å²) < 4.78 is 13.9. The number of carbonyl (C=O) groups is 2. The molecule has 2 aliphatic rings. The Bertz CT molecular complexity index is 1580. The van der Waals surface area contributed by atoms with Gasteiger partial charge in [-0.25, -0.2) is 9.31 Å². The molecule has 4 aromatic rings. The van der Waals surface area contributed by atoms with E-state index in [4.69, 9.17) is 9.47 Å². The highest BCUT2D eigenvalue weighted by atomic mass is 16.5. The highest BCUT2D eigenvalue weighted by Crippen LogP contribution is 2.35. The van der Waals surface area contributed by atoms with Crippen molar-refractivity contribution in [1.82, 2.24) is 35.0 Å². The first-order chi connectivity index (χ1) is 19.9. The minimum atomic E-state index is -0.911. The summed E-state index contributed by atoms with van der Waals surface area (Å²) in [4.78, 5) is 29.7. The molecule has 0 aliphatic carbocycles. The third-order valence-corrected chi connectivity index (χ3v) is 7.26. The van der Waals surface area contributed by atoms with Gasteiger partial charge in [0.2, 0.25) is 0 Å². The van der Waals surface area contributed by atoms with Crippen molar-refractivity contribution in [1.29, 1.82) is 0 Å². The number of pyridine rings is 2. The summed E-state index contributed by atoms with van der Waals surface area (Å²) in [5.74, 6) is 1.41. The van der Waals surface area contributed by atoms with E-state index in [-0.39, 0.29) is 29.8 Å². The molecular formula is C28H30N8O5. The van der Waals surface area contributed by atoms with E-state index in [0.717, 1.165) is 22.3 Å². The average molecular weight is 559 g/mol. The Labute approximate surface area is 235 Å². The molecule has 2 bridgehead atoms. The van der Waals surface area contributed by atoms with E-state index in [9.17, 15) is 14.7 Å². The van der Waals surface area contributed by atoms with Crippen molar-refractivity contribution in [2.24, 2.45) is 0 Å². The Morgan fingerprint density at radius 1 is 1.10 bits per heavy atom. The fourth-order valence-electron chi connectivity index (χ4n) is 5.45. The van der Waals surface area contributed by atoms with Crippen LogP contribution in [0.3, 0.4) is 0 Å². The first-order valence-electron chi connectivity index (χ1n) is 13.5. The lowest BCUT2D eigenvalue weighted by Gasteiger charge is -2.46. The summed E-state index contributed by atoms with van der Waals surface area (Å²) in [6, 6.07) is 10.7. The van der Waals surface area contributed by atoms with E-state index in [2.05, 4.69) is 30.9 Å². The van der Waals surface area contributed by atoms with Gasteiger partial charge in [-0.15, -0.1) is 10.2 Å². The van der Waals surface area contributed by atoms with E-state index in [0.29, 0.717) is 50.0 Å². The normalized spacial score (nSPS) is 20.0. The Morgan fingerprint density at radius 3 is 2.61 bits per heavy atom. The lowest BCUT2D eigenvalue weighted by molar-refractivity contribution is -0.0857. The van der Waals surface area contributed by atoms with Gasteiger partial charge in [0.05, 0.1) is 37.0 Å². The van der Waals surface area contributed by atoms with Crippen LogP contribution in [-0.2, 0) is 4.74 Å². The Kier molecular flexibility index (Phi) is 7.10. The minimum absolute atomic E-state index is 0.150. The third-order valence-electron chi connectivity index (χ3n) is 7.26. The van der Waals surface area contributed by atoms with Crippen molar-refractivity contribution in [2.45, 2.75) is 44.9 Å². The van der Waals surface area contributed by atoms with Crippen molar-refractivity contribution in [3.63, 3.8) is 0 Å². The Balaban J connectivity index is 1.21. The molecule has 6 heterocycles. The van der Waals surface area contributed by atoms with E-state index in [1.807, 2.05) is 44.3 Å². The van der Waals surface area contributed by atoms with Gasteiger partial charge in [0.25, 0.3) is 5.91 Å². The van der Waals surface area contributed by atoms with Crippen LogP contribution in [0.4, 0.5) is 16.4 Å². The predicted molar refractivity (Wildman–Crippen MR) is 148 cm³/mol. The number of anilines is 2. The molecular weight excluding hydrogens is 528 g/mol. The maximum atomic E-state index is 11.9. The SMILES string of the molecule is CCNC(=O)c1ccc(Nc2cc3cc(-c4cc(C)ncc4O[C@H]4C[C@H]5COC[C@@H](C4)N5C(=O)O)ccn3n2)nn1. The van der Waals surface area contributed by atoms with Crippen LogP contribution >= 0.6 is 0 Å². The molecule has 0 aromatic carbocycles. The number of hydrogen-bond donors (Lipinski definition) is 3.